The molecule has 6 aromatic carbocycles. The van der Waals surface area contributed by atoms with E-state index >= 15 is 0 Å². The predicted octanol–water partition coefficient (Wildman–Crippen LogP) is 14.5. The predicted molar refractivity (Wildman–Crippen MR) is 325 cm³/mol. The largest absolute Gasteiger partial charge is 0.488 e. The van der Waals surface area contributed by atoms with Crippen LogP contribution in [0.5, 0.6) is 23.0 Å². The number of ketones is 2. The summed E-state index contributed by atoms with van der Waals surface area (Å²) in [5.74, 6) is 3.34. The number of nitrogens with zero attached hydrogens (tertiary/aromatic N) is 4. The minimum atomic E-state index is -0.155. The highest BCUT2D eigenvalue weighted by Gasteiger charge is 2.30. The van der Waals surface area contributed by atoms with E-state index in [0.717, 1.165) is 67.3 Å². The van der Waals surface area contributed by atoms with Crippen LogP contribution in [0.2, 0.25) is 10.0 Å². The average Bonchev–Trinajstić information content (AvgIpc) is 3.37. The van der Waals surface area contributed by atoms with Crippen LogP contribution in [0.4, 0.5) is 0 Å². The lowest BCUT2D eigenvalue weighted by Gasteiger charge is -2.20. The van der Waals surface area contributed by atoms with Crippen LogP contribution >= 0.6 is 23.2 Å². The van der Waals surface area contributed by atoms with Gasteiger partial charge in [0, 0.05) is 92.4 Å². The van der Waals surface area contributed by atoms with E-state index in [2.05, 4.69) is 100 Å². The molecule has 2 unspecified atom stereocenters. The minimum absolute atomic E-state index is 0.116. The topological polar surface area (TPSA) is 194 Å². The van der Waals surface area contributed by atoms with Crippen LogP contribution < -0.4 is 24.3 Å². The zero-order valence-corrected chi connectivity index (χ0v) is 48.4. The molecule has 4 aliphatic rings. The highest BCUT2D eigenvalue weighted by molar-refractivity contribution is 6.32. The summed E-state index contributed by atoms with van der Waals surface area (Å²) in [7, 11) is 0. The van der Waals surface area contributed by atoms with Gasteiger partial charge in [-0.1, -0.05) is 120 Å². The van der Waals surface area contributed by atoms with Gasteiger partial charge in [-0.25, -0.2) is 0 Å². The lowest BCUT2D eigenvalue weighted by atomic mass is 9.97. The van der Waals surface area contributed by atoms with E-state index < -0.39 is 0 Å². The Morgan fingerprint density at radius 2 is 1.08 bits per heavy atom. The Morgan fingerprint density at radius 1 is 0.576 bits per heavy atom. The molecule has 13 nitrogen and oxygen atoms in total. The third kappa shape index (κ3) is 15.2. The summed E-state index contributed by atoms with van der Waals surface area (Å²) in [6, 6.07) is 48.1. The number of aldehydes is 1. The first kappa shape index (κ1) is 59.5. The molecule has 0 aliphatic heterocycles. The molecule has 430 valence electrons. The number of hydrogen-bond acceptors (Lipinski definition) is 13. The quantitative estimate of drug-likeness (QED) is 0.0772. The first-order chi connectivity index (χ1) is 41.6. The highest BCUT2D eigenvalue weighted by atomic mass is 35.5. The molecular weight excluding hydrogens is 1110 g/mol. The first-order valence-corrected chi connectivity index (χ1v) is 29.4. The number of aliphatic hydroxyl groups excluding tert-OH is 1. The first-order valence-electron chi connectivity index (χ1n) is 28.6. The van der Waals surface area contributed by atoms with Crippen LogP contribution in [0, 0.1) is 34.5 Å². The minimum Gasteiger partial charge on any atom is -0.488 e. The fourth-order valence-electron chi connectivity index (χ4n) is 11.5. The van der Waals surface area contributed by atoms with Crippen molar-refractivity contribution in [2.75, 3.05) is 13.2 Å². The molecular formula is C70H63Cl2N5O8. The van der Waals surface area contributed by atoms with Crippen molar-refractivity contribution in [2.45, 2.75) is 96.2 Å². The van der Waals surface area contributed by atoms with Gasteiger partial charge in [-0.15, -0.1) is 0 Å². The molecule has 4 aliphatic carbocycles. The number of carbonyl (C=O) groups excluding carboxylic acids is 3. The molecule has 2 aromatic heterocycles. The molecule has 85 heavy (non-hydrogen) atoms. The van der Waals surface area contributed by atoms with E-state index in [4.69, 9.17) is 52.5 Å². The Bertz CT molecular complexity index is 3770. The summed E-state index contributed by atoms with van der Waals surface area (Å²) in [6.07, 6.45) is 14.7. The molecule has 2 saturated carbocycles. The number of aromatic nitrogens is 2. The summed E-state index contributed by atoms with van der Waals surface area (Å²) < 4.78 is 25.1. The molecule has 0 amide bonds. The van der Waals surface area contributed by atoms with E-state index in [-0.39, 0.29) is 37.9 Å². The number of ether oxygens (including phenoxy) is 4. The lowest BCUT2D eigenvalue weighted by Crippen LogP contribution is -2.21. The maximum absolute atomic E-state index is 11.7. The second kappa shape index (κ2) is 28.7. The molecule has 2 heterocycles. The number of carbonyl (C=O) groups is 3. The van der Waals surface area contributed by atoms with Crippen molar-refractivity contribution in [3.8, 4) is 57.4 Å². The smallest absolute Gasteiger partial charge is 0.153 e. The SMILES string of the molecule is N#Cc1cncc(COc2cc(O[C@H]3CCc4c(-c5ccccc5)cccc43)c(Cl)cc2C=O)c1.N#Cc1cncc(COc2cc(O[C@H]3CCc4c(-c5ccccc5)cccc43)c(Cl)cc2CNCC2CCC(=O)C2)c1.O=C1CCC(CO)C1. The average molecular weight is 1170 g/mol. The Kier molecular flexibility index (Phi) is 20.1. The van der Waals surface area contributed by atoms with Crippen molar-refractivity contribution in [3.63, 3.8) is 0 Å². The van der Waals surface area contributed by atoms with Crippen LogP contribution in [0.15, 0.2) is 158 Å². The van der Waals surface area contributed by atoms with Crippen LogP contribution in [0.3, 0.4) is 0 Å². The van der Waals surface area contributed by atoms with Gasteiger partial charge in [-0.05, 0) is 126 Å². The lowest BCUT2D eigenvalue weighted by molar-refractivity contribution is -0.118. The van der Waals surface area contributed by atoms with Crippen molar-refractivity contribution < 1.29 is 38.4 Å². The van der Waals surface area contributed by atoms with Crippen molar-refractivity contribution in [1.82, 2.24) is 15.3 Å². The van der Waals surface area contributed by atoms with Gasteiger partial charge in [0.1, 0.15) is 72.1 Å². The van der Waals surface area contributed by atoms with Gasteiger partial charge in [-0.3, -0.25) is 24.4 Å². The zero-order valence-electron chi connectivity index (χ0n) is 46.9. The molecule has 0 radical (unpaired) electrons. The summed E-state index contributed by atoms with van der Waals surface area (Å²) in [6.45, 7) is 1.89. The number of halogens is 2. The van der Waals surface area contributed by atoms with Crippen molar-refractivity contribution in [1.29, 1.82) is 10.5 Å². The van der Waals surface area contributed by atoms with E-state index in [1.54, 1.807) is 36.7 Å². The Hall–Kier alpha value is -8.69. The van der Waals surface area contributed by atoms with Gasteiger partial charge < -0.3 is 29.4 Å². The van der Waals surface area contributed by atoms with Crippen LogP contribution in [-0.2, 0) is 42.2 Å². The highest BCUT2D eigenvalue weighted by Crippen LogP contribution is 2.45. The summed E-state index contributed by atoms with van der Waals surface area (Å²) in [4.78, 5) is 42.0. The number of Topliss-reactive ketones (excluding diaryl/α,β-unsaturated/α-hetero) is 2. The Labute approximate surface area is 505 Å². The molecule has 8 aromatic rings. The molecule has 15 heteroatoms. The number of rotatable bonds is 18. The maximum Gasteiger partial charge on any atom is 0.153 e. The van der Waals surface area contributed by atoms with Crippen LogP contribution in [0.1, 0.15) is 124 Å². The number of hydrogen-bond donors (Lipinski definition) is 2. The number of aliphatic hydroxyl groups is 1. The van der Waals surface area contributed by atoms with Crippen LogP contribution in [0.25, 0.3) is 22.3 Å². The Morgan fingerprint density at radius 3 is 1.56 bits per heavy atom. The number of nitrogens with one attached hydrogen (secondary N) is 1. The van der Waals surface area contributed by atoms with E-state index in [0.29, 0.717) is 106 Å². The molecule has 0 spiro atoms. The Balaban J connectivity index is 0.000000169. The normalized spacial score (nSPS) is 17.2. The molecule has 12 rings (SSSR count). The molecule has 4 atom stereocenters. The summed E-state index contributed by atoms with van der Waals surface area (Å²) in [5.41, 5.74) is 13.4. The van der Waals surface area contributed by atoms with E-state index in [1.165, 1.54) is 51.3 Å². The fraction of sp³-hybridized carbons (Fsp3) is 0.271. The fourth-order valence-corrected chi connectivity index (χ4v) is 11.9. The maximum atomic E-state index is 11.7. The van der Waals surface area contributed by atoms with E-state index in [9.17, 15) is 19.6 Å². The second-order valence-electron chi connectivity index (χ2n) is 21.7. The number of fused-ring (bicyclic) bond motifs is 2. The standard InChI is InChI=1S/C35H32ClN3O3.C29H21ClN2O3.C6H10O2/c36-32-15-27(21-39-18-23-9-10-28(40)14-23)34(41-22-25-13-24(17-37)19-38-20-25)16-35(32)42-33-12-11-30-29(7-4-8-31(30)33)26-5-2-1-3-6-26;30-26-12-22(17-33)28(34-18-20-11-19(14-31)15-32-16-20)13-29(26)35-27-10-9-24-23(7-4-8-25(24)27)21-5-2-1-3-6-21;7-4-5-1-2-6(8)3-5/h1-8,13,15-16,19-20,23,33,39H,9-12,14,18,21-22H2;1-8,11-13,15-17,27H,9-10,18H2;5,7H,1-4H2/t23?,33-;27-;/m00./s1. The molecule has 0 bridgehead atoms. The van der Waals surface area contributed by atoms with Gasteiger partial charge in [-0.2, -0.15) is 10.5 Å². The zero-order chi connectivity index (χ0) is 59.1. The number of benzene rings is 6. The third-order valence-corrected chi connectivity index (χ3v) is 16.4. The van der Waals surface area contributed by atoms with E-state index in [1.807, 2.05) is 36.4 Å². The van der Waals surface area contributed by atoms with Gasteiger partial charge in [0.15, 0.2) is 6.29 Å². The van der Waals surface area contributed by atoms with Gasteiger partial charge >= 0.3 is 0 Å². The molecule has 0 saturated heterocycles. The van der Waals surface area contributed by atoms with Gasteiger partial charge in [0.2, 0.25) is 0 Å². The van der Waals surface area contributed by atoms with Crippen molar-refractivity contribution >= 4 is 41.1 Å². The third-order valence-electron chi connectivity index (χ3n) is 15.8. The second-order valence-corrected chi connectivity index (χ2v) is 22.5. The summed E-state index contributed by atoms with van der Waals surface area (Å²) >= 11 is 13.3. The van der Waals surface area contributed by atoms with Gasteiger partial charge in [0.05, 0.1) is 26.7 Å². The number of nitriles is 2. The molecule has 2 fully saturated rings. The van der Waals surface area contributed by atoms with Crippen molar-refractivity contribution in [2.24, 2.45) is 11.8 Å². The van der Waals surface area contributed by atoms with Gasteiger partial charge in [0.25, 0.3) is 0 Å². The van der Waals surface area contributed by atoms with Crippen molar-refractivity contribution in [3.05, 3.63) is 224 Å². The summed E-state index contributed by atoms with van der Waals surface area (Å²) in [5, 5.41) is 31.2. The van der Waals surface area contributed by atoms with Crippen LogP contribution in [-0.4, -0.2) is 46.1 Å². The monoisotopic (exact) mass is 1170 g/mol. The molecule has 2 N–H and O–H groups in total. The number of pyridine rings is 2.